The van der Waals surface area contributed by atoms with Gasteiger partial charge in [-0.3, -0.25) is 10.1 Å². The molecule has 0 radical (unpaired) electrons. The Morgan fingerprint density at radius 3 is 2.86 bits per heavy atom. The van der Waals surface area contributed by atoms with Crippen LogP contribution in [0.5, 0.6) is 0 Å². The maximum absolute atomic E-state index is 13.2. The molecular formula is C14H8BrFN2OS2. The molecule has 0 spiro atoms. The summed E-state index contributed by atoms with van der Waals surface area (Å²) in [6.07, 6.45) is 0. The van der Waals surface area contributed by atoms with Crippen LogP contribution in [0.4, 0.5) is 9.52 Å². The fourth-order valence-electron chi connectivity index (χ4n) is 1.71. The summed E-state index contributed by atoms with van der Waals surface area (Å²) in [5.74, 6) is -0.514. The third-order valence-electron chi connectivity index (χ3n) is 2.64. The Balaban J connectivity index is 1.78. The van der Waals surface area contributed by atoms with Crippen LogP contribution < -0.4 is 5.32 Å². The Morgan fingerprint density at radius 1 is 1.29 bits per heavy atom. The number of anilines is 1. The second-order valence-electron chi connectivity index (χ2n) is 4.11. The lowest BCUT2D eigenvalue weighted by Crippen LogP contribution is -2.09. The van der Waals surface area contributed by atoms with E-state index in [0.29, 0.717) is 21.3 Å². The van der Waals surface area contributed by atoms with Crippen molar-refractivity contribution < 1.29 is 9.18 Å². The molecule has 21 heavy (non-hydrogen) atoms. The second kappa shape index (κ2) is 6.05. The van der Waals surface area contributed by atoms with Crippen molar-refractivity contribution in [2.75, 3.05) is 5.32 Å². The van der Waals surface area contributed by atoms with Gasteiger partial charge in [0, 0.05) is 10.9 Å². The summed E-state index contributed by atoms with van der Waals surface area (Å²) in [7, 11) is 0. The summed E-state index contributed by atoms with van der Waals surface area (Å²) >= 11 is 5.98. The highest BCUT2D eigenvalue weighted by molar-refractivity contribution is 9.11. The van der Waals surface area contributed by atoms with E-state index in [-0.39, 0.29) is 11.7 Å². The van der Waals surface area contributed by atoms with E-state index < -0.39 is 0 Å². The fourth-order valence-corrected chi connectivity index (χ4v) is 3.70. The molecule has 1 N–H and O–H groups in total. The van der Waals surface area contributed by atoms with Crippen molar-refractivity contribution in [3.05, 3.63) is 56.3 Å². The summed E-state index contributed by atoms with van der Waals surface area (Å²) in [4.78, 5) is 16.9. The topological polar surface area (TPSA) is 42.0 Å². The number of aromatic nitrogens is 1. The van der Waals surface area contributed by atoms with Gasteiger partial charge >= 0.3 is 0 Å². The molecule has 0 aliphatic heterocycles. The lowest BCUT2D eigenvalue weighted by Gasteiger charge is -1.98. The van der Waals surface area contributed by atoms with Crippen molar-refractivity contribution in [3.8, 4) is 11.3 Å². The Kier molecular flexibility index (Phi) is 4.14. The molecule has 3 nitrogen and oxygen atoms in total. The smallest absolute Gasteiger partial charge is 0.267 e. The number of rotatable bonds is 3. The van der Waals surface area contributed by atoms with Crippen molar-refractivity contribution >= 4 is 49.6 Å². The quantitative estimate of drug-likeness (QED) is 0.690. The molecule has 2 aromatic heterocycles. The normalized spacial score (nSPS) is 10.6. The van der Waals surface area contributed by atoms with Gasteiger partial charge in [0.05, 0.1) is 14.4 Å². The van der Waals surface area contributed by atoms with E-state index in [9.17, 15) is 9.18 Å². The lowest BCUT2D eigenvalue weighted by molar-refractivity contribution is 0.103. The number of hydrogen-bond acceptors (Lipinski definition) is 4. The molecule has 3 aromatic rings. The van der Waals surface area contributed by atoms with Crippen LogP contribution in [0.1, 0.15) is 9.67 Å². The van der Waals surface area contributed by atoms with E-state index in [1.807, 2.05) is 6.07 Å². The van der Waals surface area contributed by atoms with E-state index in [1.165, 1.54) is 34.8 Å². The molecule has 0 aliphatic carbocycles. The van der Waals surface area contributed by atoms with Gasteiger partial charge in [-0.25, -0.2) is 9.37 Å². The highest BCUT2D eigenvalue weighted by atomic mass is 79.9. The van der Waals surface area contributed by atoms with Crippen LogP contribution in [0, 0.1) is 5.82 Å². The summed E-state index contributed by atoms with van der Waals surface area (Å²) in [6.45, 7) is 0. The minimum atomic E-state index is -0.311. The molecule has 0 saturated carbocycles. The van der Waals surface area contributed by atoms with Crippen molar-refractivity contribution in [1.29, 1.82) is 0 Å². The number of thiazole rings is 1. The van der Waals surface area contributed by atoms with E-state index in [2.05, 4.69) is 26.2 Å². The number of nitrogens with one attached hydrogen (secondary N) is 1. The van der Waals surface area contributed by atoms with Crippen LogP contribution in [0.15, 0.2) is 45.6 Å². The van der Waals surface area contributed by atoms with Gasteiger partial charge in [-0.05, 0) is 40.2 Å². The number of carbonyl (C=O) groups excluding carboxylic acids is 1. The standard InChI is InChI=1S/C14H8BrFN2OS2/c15-12-5-4-11(21-12)13(19)18-14-17-10(7-20-14)8-2-1-3-9(16)6-8/h1-7H,(H,17,18,19). The second-order valence-corrected chi connectivity index (χ2v) is 7.43. The number of carbonyl (C=O) groups is 1. The molecule has 0 fully saturated rings. The first-order chi connectivity index (χ1) is 10.1. The molecule has 2 heterocycles. The average molecular weight is 383 g/mol. The van der Waals surface area contributed by atoms with Gasteiger partial charge in [0.25, 0.3) is 5.91 Å². The van der Waals surface area contributed by atoms with Crippen LogP contribution in [0.25, 0.3) is 11.3 Å². The summed E-state index contributed by atoms with van der Waals surface area (Å²) in [6, 6.07) is 9.76. The molecule has 0 atom stereocenters. The first kappa shape index (κ1) is 14.4. The number of benzene rings is 1. The van der Waals surface area contributed by atoms with Crippen LogP contribution in [0.3, 0.4) is 0 Å². The van der Waals surface area contributed by atoms with Gasteiger partial charge in [-0.15, -0.1) is 22.7 Å². The predicted molar refractivity (Wildman–Crippen MR) is 87.5 cm³/mol. The highest BCUT2D eigenvalue weighted by Crippen LogP contribution is 2.27. The van der Waals surface area contributed by atoms with Gasteiger partial charge in [-0.1, -0.05) is 12.1 Å². The SMILES string of the molecule is O=C(Nc1nc(-c2cccc(F)c2)cs1)c1ccc(Br)s1. The summed E-state index contributed by atoms with van der Waals surface area (Å²) in [5, 5.41) is 5.02. The first-order valence-corrected chi connectivity index (χ1v) is 8.39. The number of amides is 1. The van der Waals surface area contributed by atoms with E-state index >= 15 is 0 Å². The third-order valence-corrected chi connectivity index (χ3v) is 5.02. The van der Waals surface area contributed by atoms with Gasteiger partial charge < -0.3 is 0 Å². The van der Waals surface area contributed by atoms with Crippen molar-refractivity contribution in [3.63, 3.8) is 0 Å². The zero-order valence-electron chi connectivity index (χ0n) is 10.5. The maximum atomic E-state index is 13.2. The largest absolute Gasteiger partial charge is 0.297 e. The van der Waals surface area contributed by atoms with Gasteiger partial charge in [0.15, 0.2) is 5.13 Å². The molecule has 1 aromatic carbocycles. The third kappa shape index (κ3) is 3.37. The Morgan fingerprint density at radius 2 is 2.14 bits per heavy atom. The number of halogens is 2. The average Bonchev–Trinajstić information content (AvgIpc) is 3.08. The summed E-state index contributed by atoms with van der Waals surface area (Å²) < 4.78 is 14.1. The van der Waals surface area contributed by atoms with Gasteiger partial charge in [-0.2, -0.15) is 0 Å². The molecule has 1 amide bonds. The van der Waals surface area contributed by atoms with Crippen LogP contribution in [0.2, 0.25) is 0 Å². The summed E-state index contributed by atoms with van der Waals surface area (Å²) in [5.41, 5.74) is 1.33. The van der Waals surface area contributed by atoms with Crippen molar-refractivity contribution in [2.24, 2.45) is 0 Å². The van der Waals surface area contributed by atoms with Crippen molar-refractivity contribution in [2.45, 2.75) is 0 Å². The number of hydrogen-bond donors (Lipinski definition) is 1. The zero-order valence-corrected chi connectivity index (χ0v) is 13.7. The minimum Gasteiger partial charge on any atom is -0.297 e. The van der Waals surface area contributed by atoms with E-state index in [1.54, 1.807) is 23.6 Å². The zero-order chi connectivity index (χ0) is 14.8. The maximum Gasteiger partial charge on any atom is 0.267 e. The van der Waals surface area contributed by atoms with Gasteiger partial charge in [0.1, 0.15) is 5.82 Å². The van der Waals surface area contributed by atoms with Crippen LogP contribution >= 0.6 is 38.6 Å². The number of thiophene rings is 1. The van der Waals surface area contributed by atoms with E-state index in [0.717, 1.165) is 3.79 Å². The first-order valence-electron chi connectivity index (χ1n) is 5.90. The lowest BCUT2D eigenvalue weighted by atomic mass is 10.2. The van der Waals surface area contributed by atoms with Gasteiger partial charge in [0.2, 0.25) is 0 Å². The van der Waals surface area contributed by atoms with Crippen LogP contribution in [-0.2, 0) is 0 Å². The minimum absolute atomic E-state index is 0.203. The molecule has 3 rings (SSSR count). The monoisotopic (exact) mass is 382 g/mol. The fraction of sp³-hybridized carbons (Fsp3) is 0. The Bertz CT molecular complexity index is 800. The predicted octanol–water partition coefficient (Wildman–Crippen LogP) is 5.03. The molecule has 0 unspecified atom stereocenters. The molecule has 7 heteroatoms. The number of nitrogens with zero attached hydrogens (tertiary/aromatic N) is 1. The molecule has 0 saturated heterocycles. The van der Waals surface area contributed by atoms with E-state index in [4.69, 9.17) is 0 Å². The Labute approximate surface area is 136 Å². The highest BCUT2D eigenvalue weighted by Gasteiger charge is 2.12. The Hall–Kier alpha value is -1.57. The molecular weight excluding hydrogens is 375 g/mol. The molecule has 0 aliphatic rings. The molecule has 0 bridgehead atoms. The molecule has 106 valence electrons. The van der Waals surface area contributed by atoms with Crippen molar-refractivity contribution in [1.82, 2.24) is 4.98 Å². The van der Waals surface area contributed by atoms with Crippen LogP contribution in [-0.4, -0.2) is 10.9 Å².